The molecular weight excluding hydrogens is 412 g/mol. The van der Waals surface area contributed by atoms with Crippen LogP contribution in [0.5, 0.6) is 0 Å². The highest BCUT2D eigenvalue weighted by Crippen LogP contribution is 2.41. The quantitative estimate of drug-likeness (QED) is 0.616. The Bertz CT molecular complexity index is 1040. The molecule has 4 heterocycles. The Labute approximate surface area is 185 Å². The molecule has 2 N–H and O–H groups in total. The molecule has 31 heavy (non-hydrogen) atoms. The third-order valence-corrected chi connectivity index (χ3v) is 8.00. The maximum atomic E-state index is 5.52. The highest BCUT2D eigenvalue weighted by molar-refractivity contribution is 7.19. The van der Waals surface area contributed by atoms with Gasteiger partial charge in [0.25, 0.3) is 0 Å². The van der Waals surface area contributed by atoms with Crippen LogP contribution < -0.4 is 10.6 Å². The van der Waals surface area contributed by atoms with Crippen LogP contribution in [0.25, 0.3) is 10.2 Å². The van der Waals surface area contributed by atoms with Crippen molar-refractivity contribution in [3.63, 3.8) is 0 Å². The van der Waals surface area contributed by atoms with E-state index in [0.29, 0.717) is 24.0 Å². The van der Waals surface area contributed by atoms with Gasteiger partial charge in [0.15, 0.2) is 0 Å². The van der Waals surface area contributed by atoms with Crippen LogP contribution in [0.15, 0.2) is 16.9 Å². The highest BCUT2D eigenvalue weighted by atomic mass is 32.1. The van der Waals surface area contributed by atoms with Crippen LogP contribution in [-0.4, -0.2) is 58.2 Å². The molecule has 0 radical (unpaired) electrons. The molecule has 0 atom stereocenters. The first-order valence-corrected chi connectivity index (χ1v) is 12.2. The lowest BCUT2D eigenvalue weighted by Crippen LogP contribution is -2.46. The second kappa shape index (κ2) is 8.37. The first kappa shape index (κ1) is 19.5. The van der Waals surface area contributed by atoms with Crippen LogP contribution in [0, 0.1) is 0 Å². The first-order valence-electron chi connectivity index (χ1n) is 11.4. The van der Waals surface area contributed by atoms with Crippen molar-refractivity contribution in [3.05, 3.63) is 22.9 Å². The highest BCUT2D eigenvalue weighted by Gasteiger charge is 2.29. The smallest absolute Gasteiger partial charge is 0.301 e. The number of thiophene rings is 1. The fourth-order valence-corrected chi connectivity index (χ4v) is 6.52. The number of hydrogen-bond donors (Lipinski definition) is 2. The number of nitrogens with zero attached hydrogens (tertiary/aromatic N) is 4. The van der Waals surface area contributed by atoms with E-state index < -0.39 is 0 Å². The van der Waals surface area contributed by atoms with Crippen molar-refractivity contribution in [2.75, 3.05) is 36.9 Å². The minimum atomic E-state index is 0.417. The van der Waals surface area contributed by atoms with Gasteiger partial charge < -0.3 is 14.5 Å². The van der Waals surface area contributed by atoms with E-state index in [-0.39, 0.29) is 0 Å². The zero-order valence-corrected chi connectivity index (χ0v) is 18.4. The zero-order valence-electron chi connectivity index (χ0n) is 17.6. The largest absolute Gasteiger partial charge is 0.432 e. The molecule has 0 bridgehead atoms. The van der Waals surface area contributed by atoms with Crippen LogP contribution in [0.4, 0.5) is 17.8 Å². The average molecular weight is 441 g/mol. The Morgan fingerprint density at radius 3 is 2.74 bits per heavy atom. The van der Waals surface area contributed by atoms with Gasteiger partial charge in [0.2, 0.25) is 5.95 Å². The van der Waals surface area contributed by atoms with Gasteiger partial charge >= 0.3 is 6.01 Å². The number of rotatable bonds is 5. The van der Waals surface area contributed by atoms with Crippen LogP contribution >= 0.6 is 11.3 Å². The third-order valence-electron chi connectivity index (χ3n) is 6.82. The van der Waals surface area contributed by atoms with Gasteiger partial charge in [0.1, 0.15) is 16.9 Å². The molecular formula is C22H28N6O2S. The second-order valence-electron chi connectivity index (χ2n) is 8.69. The third kappa shape index (κ3) is 3.90. The summed E-state index contributed by atoms with van der Waals surface area (Å²) in [5, 5.41) is 8.15. The van der Waals surface area contributed by atoms with Gasteiger partial charge in [0, 0.05) is 30.1 Å². The Kier molecular flexibility index (Phi) is 5.25. The molecule has 6 rings (SSSR count). The molecule has 0 unspecified atom stereocenters. The molecule has 2 fully saturated rings. The molecule has 9 heteroatoms. The number of oxazole rings is 1. The van der Waals surface area contributed by atoms with Crippen molar-refractivity contribution in [2.24, 2.45) is 0 Å². The maximum absolute atomic E-state index is 5.52. The number of hydrogen-bond acceptors (Lipinski definition) is 9. The lowest BCUT2D eigenvalue weighted by atomic mass is 9.90. The van der Waals surface area contributed by atoms with Gasteiger partial charge in [-0.05, 0) is 50.5 Å². The number of fused-ring (bicyclic) bond motifs is 3. The summed E-state index contributed by atoms with van der Waals surface area (Å²) in [6.07, 6.45) is 11.5. The standard InChI is InChI=1S/C22H28N6O2S/c1-2-16-17(3-1)31-20-18(16)19(25-21(26-20)27-22-23-8-11-30-22)24-14-4-6-15(7-5-14)28-9-12-29-13-10-28/h8,11,14-15H,1-7,9-10,12-13H2,(H2,23,24,25,26,27). The van der Waals surface area contributed by atoms with Crippen molar-refractivity contribution >= 4 is 39.3 Å². The van der Waals surface area contributed by atoms with Crippen LogP contribution in [0.1, 0.15) is 42.5 Å². The van der Waals surface area contributed by atoms with E-state index in [2.05, 4.69) is 20.5 Å². The topological polar surface area (TPSA) is 88.3 Å². The van der Waals surface area contributed by atoms with E-state index in [4.69, 9.17) is 19.1 Å². The Hall–Kier alpha value is -2.23. The molecule has 1 aliphatic heterocycles. The molecule has 0 aromatic carbocycles. The Balaban J connectivity index is 1.23. The minimum absolute atomic E-state index is 0.417. The predicted octanol–water partition coefficient (Wildman–Crippen LogP) is 3.97. The molecule has 3 aromatic heterocycles. The van der Waals surface area contributed by atoms with Crippen molar-refractivity contribution in [2.45, 2.75) is 57.0 Å². The lowest BCUT2D eigenvalue weighted by molar-refractivity contribution is 0.00791. The van der Waals surface area contributed by atoms with Gasteiger partial charge in [-0.15, -0.1) is 11.3 Å². The Morgan fingerprint density at radius 2 is 1.94 bits per heavy atom. The normalized spacial score (nSPS) is 24.4. The van der Waals surface area contributed by atoms with Crippen LogP contribution in [0.3, 0.4) is 0 Å². The van der Waals surface area contributed by atoms with Gasteiger partial charge in [0.05, 0.1) is 24.8 Å². The first-order chi connectivity index (χ1) is 15.3. The maximum Gasteiger partial charge on any atom is 0.301 e. The number of ether oxygens (including phenoxy) is 1. The molecule has 3 aliphatic rings. The second-order valence-corrected chi connectivity index (χ2v) is 9.78. The molecule has 0 spiro atoms. The molecule has 164 valence electrons. The van der Waals surface area contributed by atoms with Crippen LogP contribution in [-0.2, 0) is 17.6 Å². The van der Waals surface area contributed by atoms with Crippen molar-refractivity contribution in [1.82, 2.24) is 19.9 Å². The monoisotopic (exact) mass is 440 g/mol. The van der Waals surface area contributed by atoms with E-state index in [0.717, 1.165) is 49.8 Å². The summed E-state index contributed by atoms with van der Waals surface area (Å²) in [5.74, 6) is 1.51. The van der Waals surface area contributed by atoms with Gasteiger partial charge in [-0.25, -0.2) is 9.97 Å². The summed E-state index contributed by atoms with van der Waals surface area (Å²) in [7, 11) is 0. The molecule has 8 nitrogen and oxygen atoms in total. The summed E-state index contributed by atoms with van der Waals surface area (Å²) in [6, 6.07) is 1.56. The summed E-state index contributed by atoms with van der Waals surface area (Å²) >= 11 is 1.81. The van der Waals surface area contributed by atoms with Crippen molar-refractivity contribution in [3.8, 4) is 0 Å². The summed E-state index contributed by atoms with van der Waals surface area (Å²) in [4.78, 5) is 18.9. The predicted molar refractivity (Wildman–Crippen MR) is 121 cm³/mol. The number of morpholine rings is 1. The number of aromatic nitrogens is 3. The van der Waals surface area contributed by atoms with E-state index >= 15 is 0 Å². The fourth-order valence-electron chi connectivity index (χ4n) is 5.26. The molecule has 3 aromatic rings. The van der Waals surface area contributed by atoms with Crippen molar-refractivity contribution in [1.29, 1.82) is 0 Å². The van der Waals surface area contributed by atoms with E-state index in [1.54, 1.807) is 12.5 Å². The van der Waals surface area contributed by atoms with Gasteiger partial charge in [-0.1, -0.05) is 0 Å². The van der Waals surface area contributed by atoms with Crippen molar-refractivity contribution < 1.29 is 9.15 Å². The van der Waals surface area contributed by atoms with Gasteiger partial charge in [-0.2, -0.15) is 4.98 Å². The molecule has 2 aliphatic carbocycles. The lowest BCUT2D eigenvalue weighted by Gasteiger charge is -2.39. The van der Waals surface area contributed by atoms with E-state index in [1.807, 2.05) is 11.3 Å². The number of anilines is 3. The van der Waals surface area contributed by atoms with Crippen LogP contribution in [0.2, 0.25) is 0 Å². The SMILES string of the molecule is c1coc(Nc2nc(NC3CCC(N4CCOCC4)CC3)c3c4c(sc3n2)CCC4)n1. The average Bonchev–Trinajstić information content (AvgIpc) is 3.53. The Morgan fingerprint density at radius 1 is 1.06 bits per heavy atom. The minimum Gasteiger partial charge on any atom is -0.432 e. The van der Waals surface area contributed by atoms with E-state index in [1.165, 1.54) is 47.9 Å². The molecule has 0 amide bonds. The number of nitrogens with one attached hydrogen (secondary N) is 2. The zero-order chi connectivity index (χ0) is 20.6. The van der Waals surface area contributed by atoms with E-state index in [9.17, 15) is 0 Å². The fraction of sp³-hybridized carbons (Fsp3) is 0.591. The number of aryl methyl sites for hydroxylation is 2. The summed E-state index contributed by atoms with van der Waals surface area (Å²) < 4.78 is 10.9. The molecule has 1 saturated heterocycles. The molecule has 1 saturated carbocycles. The van der Waals surface area contributed by atoms with Gasteiger partial charge in [-0.3, -0.25) is 10.2 Å². The summed E-state index contributed by atoms with van der Waals surface area (Å²) in [5.41, 5.74) is 1.45. The summed E-state index contributed by atoms with van der Waals surface area (Å²) in [6.45, 7) is 3.90.